The first kappa shape index (κ1) is 71.7. The van der Waals surface area contributed by atoms with Crippen LogP contribution in [0.15, 0.2) is 66.7 Å². The zero-order valence-corrected chi connectivity index (χ0v) is 58.4. The topological polar surface area (TPSA) is 208 Å². The number of hydrogen-bond donors (Lipinski definition) is 0. The maximum atomic E-state index is 15.0. The van der Waals surface area contributed by atoms with Crippen molar-refractivity contribution in [2.45, 2.75) is 148 Å². The number of amides is 4. The van der Waals surface area contributed by atoms with Crippen LogP contribution in [0.25, 0.3) is 5.57 Å². The summed E-state index contributed by atoms with van der Waals surface area (Å²) in [7, 11) is -7.84. The van der Waals surface area contributed by atoms with Crippen LogP contribution in [0, 0.1) is 0 Å². The molecule has 4 aliphatic heterocycles. The van der Waals surface area contributed by atoms with E-state index in [0.717, 1.165) is 27.1 Å². The largest absolute Gasteiger partial charge is 0.534 e. The highest BCUT2D eigenvalue weighted by molar-refractivity contribution is 7.87. The van der Waals surface area contributed by atoms with Gasteiger partial charge in [0.25, 0.3) is 11.8 Å². The molecule has 0 unspecified atom stereocenters. The summed E-state index contributed by atoms with van der Waals surface area (Å²) in [4.78, 5) is 63.7. The molecule has 0 saturated carbocycles. The molecule has 4 heterocycles. The van der Waals surface area contributed by atoms with Crippen molar-refractivity contribution in [1.29, 1.82) is 0 Å². The highest BCUT2D eigenvalue weighted by Gasteiger charge is 2.55. The second kappa shape index (κ2) is 27.1. The smallest absolute Gasteiger partial charge is 0.497 e. The lowest BCUT2D eigenvalue weighted by Crippen LogP contribution is -2.58. The van der Waals surface area contributed by atoms with Crippen molar-refractivity contribution in [1.82, 2.24) is 9.80 Å². The molecule has 3 aromatic carbocycles. The first-order valence-corrected chi connectivity index (χ1v) is 37.4. The quantitative estimate of drug-likeness (QED) is 0.0339. The van der Waals surface area contributed by atoms with E-state index in [4.69, 9.17) is 112 Å². The van der Waals surface area contributed by atoms with Crippen LogP contribution in [-0.2, 0) is 32.6 Å². The normalized spacial score (nSPS) is 19.3. The summed E-state index contributed by atoms with van der Waals surface area (Å²) < 4.78 is 121. The fourth-order valence-corrected chi connectivity index (χ4v) is 12.7. The van der Waals surface area contributed by atoms with E-state index in [1.165, 1.54) is 43.4 Å². The zero-order valence-electron chi connectivity index (χ0n) is 51.1. The molecular weight excluding hydrogens is 1350 g/mol. The van der Waals surface area contributed by atoms with Crippen molar-refractivity contribution in [3.8, 4) is 28.7 Å². The summed E-state index contributed by atoms with van der Waals surface area (Å²) in [5.74, 6) is -1.15. The third-order valence-electron chi connectivity index (χ3n) is 16.1. The van der Waals surface area contributed by atoms with Crippen LogP contribution in [0.5, 0.6) is 28.7 Å². The molecule has 0 aliphatic carbocycles. The monoisotopic (exact) mass is 1420 g/mol. The molecule has 0 aromatic heterocycles. The van der Waals surface area contributed by atoms with Crippen molar-refractivity contribution in [3.05, 3.63) is 83.4 Å². The van der Waals surface area contributed by atoms with E-state index in [0.29, 0.717) is 25.0 Å². The predicted molar refractivity (Wildman–Crippen MR) is 337 cm³/mol. The van der Waals surface area contributed by atoms with Crippen molar-refractivity contribution in [2.24, 2.45) is 0 Å². The number of fused-ring (bicyclic) bond motifs is 4. The minimum absolute atomic E-state index is 0.0141. The van der Waals surface area contributed by atoms with Crippen LogP contribution in [-0.4, -0.2) is 144 Å². The second-order valence-corrected chi connectivity index (χ2v) is 40.4. The minimum atomic E-state index is -6.21. The number of methoxy groups -OCH3 is 3. The number of carbonyl (C=O) groups is 4. The third-order valence-corrected chi connectivity index (χ3v) is 26.7. The lowest BCUT2D eigenvalue weighted by Gasteiger charge is -2.44. The molecule has 492 valence electrons. The maximum Gasteiger partial charge on any atom is 0.534 e. The van der Waals surface area contributed by atoms with Crippen molar-refractivity contribution in [2.75, 3.05) is 57.6 Å². The van der Waals surface area contributed by atoms with E-state index in [1.54, 1.807) is 18.2 Å². The molecule has 0 bridgehead atoms. The van der Waals surface area contributed by atoms with Crippen LogP contribution < -0.4 is 33.5 Å². The van der Waals surface area contributed by atoms with E-state index in [-0.39, 0.29) is 70.2 Å². The predicted octanol–water partition coefficient (Wildman–Crippen LogP) is 14.9. The minimum Gasteiger partial charge on any atom is -0.497 e. The second-order valence-electron chi connectivity index (χ2n) is 24.3. The van der Waals surface area contributed by atoms with Crippen molar-refractivity contribution < 1.29 is 87.0 Å². The van der Waals surface area contributed by atoms with Crippen LogP contribution in [0.1, 0.15) is 99.9 Å². The van der Waals surface area contributed by atoms with Gasteiger partial charge in [0.2, 0.25) is 7.59 Å². The van der Waals surface area contributed by atoms with Crippen molar-refractivity contribution >= 4 is 137 Å². The lowest BCUT2D eigenvalue weighted by molar-refractivity contribution is -0.0523. The number of ether oxygens (including phenoxy) is 7. The van der Waals surface area contributed by atoms with E-state index < -0.39 is 119 Å². The van der Waals surface area contributed by atoms with Gasteiger partial charge in [-0.3, -0.25) is 9.59 Å². The number of nitrogens with zero attached hydrogens (tertiary/aromatic N) is 4. The Balaban J connectivity index is 1.17. The molecule has 20 nitrogen and oxygen atoms in total. The Morgan fingerprint density at radius 1 is 0.596 bits per heavy atom. The maximum absolute atomic E-state index is 15.0. The Morgan fingerprint density at radius 3 is 1.39 bits per heavy atom. The summed E-state index contributed by atoms with van der Waals surface area (Å²) >= 11 is 36.4. The number of benzene rings is 3. The molecule has 7 rings (SSSR count). The Morgan fingerprint density at radius 2 is 1.01 bits per heavy atom. The summed E-state index contributed by atoms with van der Waals surface area (Å²) in [6.07, 6.45) is -1.47. The summed E-state index contributed by atoms with van der Waals surface area (Å²) in [5.41, 5.74) is -4.48. The molecule has 0 fully saturated rings. The number of halogens is 9. The van der Waals surface area contributed by atoms with Gasteiger partial charge in [0.15, 0.2) is 52.1 Å². The number of anilines is 2. The molecule has 3 aromatic rings. The molecule has 0 radical (unpaired) electrons. The Kier molecular flexibility index (Phi) is 21.8. The number of hydrogen-bond acceptors (Lipinski definition) is 16. The Hall–Kier alpha value is -4.75. The van der Waals surface area contributed by atoms with Gasteiger partial charge in [-0.25, -0.2) is 19.4 Å². The van der Waals surface area contributed by atoms with E-state index in [9.17, 15) is 36.0 Å². The van der Waals surface area contributed by atoms with Gasteiger partial charge in [0.05, 0.1) is 69.1 Å². The van der Waals surface area contributed by atoms with Gasteiger partial charge in [-0.1, -0.05) is 123 Å². The molecule has 4 amide bonds. The molecule has 4 aliphatic rings. The van der Waals surface area contributed by atoms with Gasteiger partial charge < -0.3 is 56.0 Å². The molecular formula is C57H71Cl6F3N4O16SSi2. The average Bonchev–Trinajstić information content (AvgIpc) is 1.79. The zero-order chi connectivity index (χ0) is 66.4. The van der Waals surface area contributed by atoms with Gasteiger partial charge in [0.1, 0.15) is 24.7 Å². The van der Waals surface area contributed by atoms with E-state index in [2.05, 4.69) is 4.18 Å². The number of rotatable bonds is 20. The first-order valence-electron chi connectivity index (χ1n) is 27.9. The summed E-state index contributed by atoms with van der Waals surface area (Å²) in [6.45, 7) is 18.1. The SMILES string of the molecule is COc1ccc(C2=CN3C(=O)c4cc(OC)c(OCCCCCOc5cc6c(cc5OC)C(=O)N5C=C(OS(=O)(=O)C(F)(F)F)C[C@H]5[C@H](O[Si](C)(C)C(C)(C)C)N6C(=O)OCC(Cl)(Cl)Cl)cc4N(C(=O)OCC(Cl)(Cl)Cl)[C@@H](O[Si](C)(C)C(C)(C)C)[C@@H]3C2)cc1. The lowest BCUT2D eigenvalue weighted by atomic mass is 10.0. The number of unbranched alkanes of at least 4 members (excludes halogenated alkanes) is 2. The van der Waals surface area contributed by atoms with Crippen molar-refractivity contribution in [3.63, 3.8) is 0 Å². The van der Waals surface area contributed by atoms with E-state index >= 15 is 4.79 Å². The highest BCUT2D eigenvalue weighted by Crippen LogP contribution is 2.50. The average molecular weight is 1430 g/mol. The molecule has 4 atom stereocenters. The van der Waals surface area contributed by atoms with Crippen LogP contribution >= 0.6 is 69.6 Å². The number of alkyl halides is 9. The Labute approximate surface area is 547 Å². The first-order chi connectivity index (χ1) is 41.0. The third kappa shape index (κ3) is 16.4. The Bertz CT molecular complexity index is 3340. The molecule has 32 heteroatoms. The molecule has 0 N–H and O–H groups in total. The molecule has 0 spiro atoms. The van der Waals surface area contributed by atoms with Gasteiger partial charge in [-0.2, -0.15) is 21.6 Å². The van der Waals surface area contributed by atoms with Gasteiger partial charge in [-0.05, 0) is 97.3 Å². The molecule has 0 saturated heterocycles. The summed E-state index contributed by atoms with van der Waals surface area (Å²) in [5, 5.41) is -0.962. The van der Waals surface area contributed by atoms with Gasteiger partial charge >= 0.3 is 27.8 Å². The fraction of sp³-hybridized carbons (Fsp3) is 0.544. The standard InChI is InChI=1S/C57H71Cl6F3N4O16SSi2/c1-53(2,3)88(10,11)85-49-41-23-34(33-17-19-35(77-7)20-18-33)29-67(41)47(71)37-25-43(78-8)45(27-39(37)69(49)51(73)82-31-55(58,59)60)80-21-15-14-16-22-81-46-28-40-38(26-44(46)79-9)48(72)68-30-36(84-87(75,76)57(64,65)66)24-42(68)50(86-89(12,13)54(4,5)6)70(40)52(74)83-32-56(61,62)63/h17-20,25-30,41-42,49-50H,14-16,21-24,31-32H2,1-13H3/t41-,42-,49-,50-/m0/s1. The van der Waals surface area contributed by atoms with Crippen LogP contribution in [0.4, 0.5) is 34.1 Å². The van der Waals surface area contributed by atoms with E-state index in [1.807, 2.05) is 92.0 Å². The number of carbonyl (C=O) groups excluding carboxylic acids is 4. The summed E-state index contributed by atoms with van der Waals surface area (Å²) in [6, 6.07) is 10.8. The molecule has 89 heavy (non-hydrogen) atoms. The van der Waals surface area contributed by atoms with Gasteiger partial charge in [0, 0.05) is 31.0 Å². The van der Waals surface area contributed by atoms with Gasteiger partial charge in [-0.15, -0.1) is 0 Å². The fourth-order valence-electron chi connectivity index (χ4n) is 9.46. The van der Waals surface area contributed by atoms with Crippen LogP contribution in [0.3, 0.4) is 0 Å². The highest BCUT2D eigenvalue weighted by atomic mass is 35.6. The van der Waals surface area contributed by atoms with Crippen LogP contribution in [0.2, 0.25) is 36.3 Å².